The lowest BCUT2D eigenvalue weighted by atomic mass is 9.95. The molecule has 1 aliphatic rings. The molecule has 18 heavy (non-hydrogen) atoms. The molecular weight excluding hydrogens is 222 g/mol. The third-order valence-corrected chi connectivity index (χ3v) is 4.39. The SMILES string of the molecule is CCC(NC)C(C)Cc1ccn(C2CCCC2)n1. The van der Waals surface area contributed by atoms with Gasteiger partial charge in [-0.1, -0.05) is 26.7 Å². The molecule has 1 N–H and O–H groups in total. The number of nitrogens with zero attached hydrogens (tertiary/aromatic N) is 2. The molecule has 1 fully saturated rings. The van der Waals surface area contributed by atoms with E-state index in [1.165, 1.54) is 37.8 Å². The van der Waals surface area contributed by atoms with E-state index in [-0.39, 0.29) is 0 Å². The lowest BCUT2D eigenvalue weighted by Gasteiger charge is -2.21. The van der Waals surface area contributed by atoms with E-state index in [1.54, 1.807) is 0 Å². The molecule has 1 heterocycles. The highest BCUT2D eigenvalue weighted by Gasteiger charge is 2.19. The lowest BCUT2D eigenvalue weighted by Crippen LogP contribution is -2.32. The summed E-state index contributed by atoms with van der Waals surface area (Å²) < 4.78 is 2.20. The van der Waals surface area contributed by atoms with E-state index >= 15 is 0 Å². The van der Waals surface area contributed by atoms with Crippen LogP contribution in [-0.2, 0) is 6.42 Å². The minimum Gasteiger partial charge on any atom is -0.317 e. The molecule has 102 valence electrons. The summed E-state index contributed by atoms with van der Waals surface area (Å²) in [7, 11) is 2.06. The average molecular weight is 249 g/mol. The Kier molecular flexibility index (Phi) is 4.81. The first kappa shape index (κ1) is 13.6. The molecule has 0 bridgehead atoms. The van der Waals surface area contributed by atoms with Crippen molar-refractivity contribution in [2.75, 3.05) is 7.05 Å². The van der Waals surface area contributed by atoms with Gasteiger partial charge in [0.1, 0.15) is 0 Å². The highest BCUT2D eigenvalue weighted by molar-refractivity contribution is 5.02. The Bertz CT molecular complexity index is 348. The normalized spacial score (nSPS) is 20.2. The molecule has 1 aromatic heterocycles. The Morgan fingerprint density at radius 3 is 2.78 bits per heavy atom. The van der Waals surface area contributed by atoms with Crippen LogP contribution in [0.25, 0.3) is 0 Å². The van der Waals surface area contributed by atoms with Crippen LogP contribution in [0.2, 0.25) is 0 Å². The van der Waals surface area contributed by atoms with Crippen LogP contribution in [0, 0.1) is 5.92 Å². The van der Waals surface area contributed by atoms with Gasteiger partial charge in [-0.2, -0.15) is 5.10 Å². The molecule has 3 heteroatoms. The number of aromatic nitrogens is 2. The zero-order valence-electron chi connectivity index (χ0n) is 12.0. The van der Waals surface area contributed by atoms with Gasteiger partial charge in [0.05, 0.1) is 11.7 Å². The van der Waals surface area contributed by atoms with Crippen molar-refractivity contribution >= 4 is 0 Å². The molecule has 2 atom stereocenters. The molecule has 2 unspecified atom stereocenters. The first-order valence-corrected chi connectivity index (χ1v) is 7.46. The summed E-state index contributed by atoms with van der Waals surface area (Å²) >= 11 is 0. The summed E-state index contributed by atoms with van der Waals surface area (Å²) in [6.07, 6.45) is 9.80. The van der Waals surface area contributed by atoms with Crippen LogP contribution in [0.1, 0.15) is 57.7 Å². The Morgan fingerprint density at radius 1 is 1.44 bits per heavy atom. The quantitative estimate of drug-likeness (QED) is 0.839. The Morgan fingerprint density at radius 2 is 2.17 bits per heavy atom. The molecule has 0 saturated heterocycles. The van der Waals surface area contributed by atoms with Gasteiger partial charge in [-0.15, -0.1) is 0 Å². The largest absolute Gasteiger partial charge is 0.317 e. The van der Waals surface area contributed by atoms with Crippen LogP contribution in [0.15, 0.2) is 12.3 Å². The number of rotatable bonds is 6. The van der Waals surface area contributed by atoms with Crippen LogP contribution in [-0.4, -0.2) is 22.9 Å². The minimum absolute atomic E-state index is 0.599. The molecule has 1 saturated carbocycles. The summed E-state index contributed by atoms with van der Waals surface area (Å²) in [5, 5.41) is 8.17. The monoisotopic (exact) mass is 249 g/mol. The second-order valence-electron chi connectivity index (χ2n) is 5.71. The van der Waals surface area contributed by atoms with Crippen molar-refractivity contribution in [3.63, 3.8) is 0 Å². The first-order valence-electron chi connectivity index (χ1n) is 7.46. The Hall–Kier alpha value is -0.830. The maximum Gasteiger partial charge on any atom is 0.0627 e. The fourth-order valence-electron chi connectivity index (χ4n) is 3.22. The molecule has 0 amide bonds. The fourth-order valence-corrected chi connectivity index (χ4v) is 3.22. The smallest absolute Gasteiger partial charge is 0.0627 e. The zero-order chi connectivity index (χ0) is 13.0. The van der Waals surface area contributed by atoms with Crippen molar-refractivity contribution in [2.24, 2.45) is 5.92 Å². The van der Waals surface area contributed by atoms with Crippen LogP contribution in [0.4, 0.5) is 0 Å². The van der Waals surface area contributed by atoms with Crippen LogP contribution < -0.4 is 5.32 Å². The molecule has 0 aliphatic heterocycles. The summed E-state index contributed by atoms with van der Waals surface area (Å²) in [6.45, 7) is 4.56. The van der Waals surface area contributed by atoms with Gasteiger partial charge in [-0.05, 0) is 44.7 Å². The summed E-state index contributed by atoms with van der Waals surface area (Å²) in [4.78, 5) is 0. The van der Waals surface area contributed by atoms with Gasteiger partial charge in [0.2, 0.25) is 0 Å². The second-order valence-corrected chi connectivity index (χ2v) is 5.71. The maximum atomic E-state index is 4.77. The summed E-state index contributed by atoms with van der Waals surface area (Å²) in [5.41, 5.74) is 1.25. The number of nitrogens with one attached hydrogen (secondary N) is 1. The fraction of sp³-hybridized carbons (Fsp3) is 0.800. The molecular formula is C15H27N3. The highest BCUT2D eigenvalue weighted by Crippen LogP contribution is 2.28. The van der Waals surface area contributed by atoms with Gasteiger partial charge < -0.3 is 5.32 Å². The lowest BCUT2D eigenvalue weighted by molar-refractivity contribution is 0.380. The van der Waals surface area contributed by atoms with Crippen LogP contribution >= 0.6 is 0 Å². The Labute approximate surface area is 111 Å². The van der Waals surface area contributed by atoms with Crippen molar-refractivity contribution in [3.05, 3.63) is 18.0 Å². The molecule has 0 spiro atoms. The minimum atomic E-state index is 0.599. The van der Waals surface area contributed by atoms with Gasteiger partial charge >= 0.3 is 0 Å². The van der Waals surface area contributed by atoms with E-state index in [0.29, 0.717) is 18.0 Å². The predicted molar refractivity (Wildman–Crippen MR) is 75.7 cm³/mol. The van der Waals surface area contributed by atoms with Gasteiger partial charge in [0.25, 0.3) is 0 Å². The molecule has 1 aromatic rings. The molecule has 0 radical (unpaired) electrons. The molecule has 1 aliphatic carbocycles. The van der Waals surface area contributed by atoms with Crippen molar-refractivity contribution in [1.29, 1.82) is 0 Å². The van der Waals surface area contributed by atoms with Crippen molar-refractivity contribution in [1.82, 2.24) is 15.1 Å². The van der Waals surface area contributed by atoms with E-state index < -0.39 is 0 Å². The van der Waals surface area contributed by atoms with Crippen molar-refractivity contribution in [2.45, 2.75) is 64.5 Å². The van der Waals surface area contributed by atoms with Gasteiger partial charge in [0.15, 0.2) is 0 Å². The topological polar surface area (TPSA) is 29.9 Å². The summed E-state index contributed by atoms with van der Waals surface area (Å²) in [5.74, 6) is 0.645. The molecule has 0 aromatic carbocycles. The van der Waals surface area contributed by atoms with Gasteiger partial charge in [0, 0.05) is 12.2 Å². The van der Waals surface area contributed by atoms with Gasteiger partial charge in [-0.3, -0.25) is 4.68 Å². The third-order valence-electron chi connectivity index (χ3n) is 4.39. The average Bonchev–Trinajstić information content (AvgIpc) is 3.00. The molecule has 3 nitrogen and oxygen atoms in total. The standard InChI is InChI=1S/C15H27N3/c1-4-15(16-3)12(2)11-13-9-10-18(17-13)14-7-5-6-8-14/h9-10,12,14-16H,4-8,11H2,1-3H3. The van der Waals surface area contributed by atoms with Crippen LogP contribution in [0.3, 0.4) is 0 Å². The zero-order valence-corrected chi connectivity index (χ0v) is 12.0. The number of hydrogen-bond acceptors (Lipinski definition) is 2. The van der Waals surface area contributed by atoms with E-state index in [4.69, 9.17) is 5.10 Å². The first-order chi connectivity index (χ1) is 8.74. The van der Waals surface area contributed by atoms with E-state index in [9.17, 15) is 0 Å². The van der Waals surface area contributed by atoms with Gasteiger partial charge in [-0.25, -0.2) is 0 Å². The predicted octanol–water partition coefficient (Wildman–Crippen LogP) is 3.17. The van der Waals surface area contributed by atoms with Crippen LogP contribution in [0.5, 0.6) is 0 Å². The van der Waals surface area contributed by atoms with Crippen molar-refractivity contribution in [3.8, 4) is 0 Å². The van der Waals surface area contributed by atoms with E-state index in [2.05, 4.69) is 43.2 Å². The Balaban J connectivity index is 1.93. The van der Waals surface area contributed by atoms with E-state index in [1.807, 2.05) is 0 Å². The maximum absolute atomic E-state index is 4.77. The number of hydrogen-bond donors (Lipinski definition) is 1. The van der Waals surface area contributed by atoms with E-state index in [0.717, 1.165) is 6.42 Å². The third kappa shape index (κ3) is 3.14. The van der Waals surface area contributed by atoms with Crippen molar-refractivity contribution < 1.29 is 0 Å². The second kappa shape index (κ2) is 6.37. The summed E-state index contributed by atoms with van der Waals surface area (Å²) in [6, 6.07) is 3.47. The molecule has 2 rings (SSSR count). The highest BCUT2D eigenvalue weighted by atomic mass is 15.3.